The van der Waals surface area contributed by atoms with Crippen LogP contribution in [-0.4, -0.2) is 23.7 Å². The fraction of sp³-hybridized carbons (Fsp3) is 0.174. The number of halogens is 2. The average Bonchev–Trinajstić information content (AvgIpc) is 3.23. The highest BCUT2D eigenvalue weighted by molar-refractivity contribution is 6.30. The van der Waals surface area contributed by atoms with E-state index in [0.29, 0.717) is 28.8 Å². The summed E-state index contributed by atoms with van der Waals surface area (Å²) in [4.78, 5) is 14.7. The van der Waals surface area contributed by atoms with Crippen LogP contribution in [0.2, 0.25) is 5.02 Å². The van der Waals surface area contributed by atoms with Gasteiger partial charge in [-0.1, -0.05) is 29.8 Å². The zero-order valence-corrected chi connectivity index (χ0v) is 16.5. The summed E-state index contributed by atoms with van der Waals surface area (Å²) >= 11 is 5.93. The van der Waals surface area contributed by atoms with Crippen molar-refractivity contribution in [1.29, 1.82) is 0 Å². The van der Waals surface area contributed by atoms with E-state index in [1.165, 1.54) is 12.1 Å². The van der Waals surface area contributed by atoms with Crippen LogP contribution >= 0.6 is 11.6 Å². The third kappa shape index (κ3) is 3.44. The molecule has 1 fully saturated rings. The Morgan fingerprint density at radius 1 is 1.00 bits per heavy atom. The van der Waals surface area contributed by atoms with Gasteiger partial charge >= 0.3 is 0 Å². The minimum Gasteiger partial charge on any atom is -0.478 e. The van der Waals surface area contributed by atoms with Crippen LogP contribution in [0.15, 0.2) is 66.7 Å². The molecule has 5 rings (SSSR count). The highest BCUT2D eigenvalue weighted by Gasteiger charge is 2.50. The van der Waals surface area contributed by atoms with Gasteiger partial charge in [-0.2, -0.15) is 0 Å². The van der Waals surface area contributed by atoms with Gasteiger partial charge in [0.1, 0.15) is 17.6 Å². The summed E-state index contributed by atoms with van der Waals surface area (Å²) in [5, 5.41) is 0.585. The van der Waals surface area contributed by atoms with Crippen LogP contribution < -0.4 is 14.2 Å². The van der Waals surface area contributed by atoms with E-state index in [0.717, 1.165) is 11.1 Å². The topological polar surface area (TPSA) is 48.0 Å². The van der Waals surface area contributed by atoms with Crippen molar-refractivity contribution in [3.05, 3.63) is 88.7 Å². The largest absolute Gasteiger partial charge is 0.478 e. The van der Waals surface area contributed by atoms with Gasteiger partial charge in [-0.15, -0.1) is 0 Å². The summed E-state index contributed by atoms with van der Waals surface area (Å²) in [6, 6.07) is 18.2. The Kier molecular flexibility index (Phi) is 4.71. The van der Waals surface area contributed by atoms with E-state index in [-0.39, 0.29) is 24.6 Å². The van der Waals surface area contributed by atoms with Gasteiger partial charge in [0.15, 0.2) is 11.5 Å². The molecule has 0 bridgehead atoms. The molecule has 0 radical (unpaired) electrons. The number of hydrogen-bond donors (Lipinski definition) is 0. The minimum atomic E-state index is -0.703. The Labute approximate surface area is 177 Å². The van der Waals surface area contributed by atoms with Crippen molar-refractivity contribution in [2.45, 2.75) is 18.7 Å². The molecule has 3 aromatic rings. The molecule has 1 saturated heterocycles. The Hall–Kier alpha value is -3.25. The van der Waals surface area contributed by atoms with Crippen LogP contribution in [0.4, 0.5) is 4.39 Å². The molecule has 0 spiro atoms. The number of rotatable bonds is 5. The van der Waals surface area contributed by atoms with E-state index < -0.39 is 6.10 Å². The quantitative estimate of drug-likeness (QED) is 0.554. The molecule has 2 heterocycles. The van der Waals surface area contributed by atoms with Gasteiger partial charge in [0, 0.05) is 11.6 Å². The first-order valence-corrected chi connectivity index (χ1v) is 9.83. The first-order chi connectivity index (χ1) is 14.6. The van der Waals surface area contributed by atoms with Gasteiger partial charge < -0.3 is 19.1 Å². The molecule has 0 N–H and O–H groups in total. The number of fused-ring (bicyclic) bond motifs is 1. The number of carbonyl (C=O) groups is 1. The lowest BCUT2D eigenvalue weighted by Gasteiger charge is -2.46. The number of benzene rings is 3. The van der Waals surface area contributed by atoms with Crippen LogP contribution in [0.1, 0.15) is 17.2 Å². The Morgan fingerprint density at radius 3 is 2.50 bits per heavy atom. The number of likely N-dealkylation sites (tertiary alicyclic amines) is 1. The maximum Gasteiger partial charge on any atom is 0.267 e. The van der Waals surface area contributed by atoms with E-state index in [1.54, 1.807) is 41.3 Å². The highest BCUT2D eigenvalue weighted by atomic mass is 35.5. The smallest absolute Gasteiger partial charge is 0.267 e. The van der Waals surface area contributed by atoms with Gasteiger partial charge in [-0.3, -0.25) is 4.79 Å². The molecule has 1 amide bonds. The minimum absolute atomic E-state index is 0.142. The van der Waals surface area contributed by atoms with Crippen molar-refractivity contribution in [2.24, 2.45) is 0 Å². The highest BCUT2D eigenvalue weighted by Crippen LogP contribution is 2.40. The van der Waals surface area contributed by atoms with Crippen LogP contribution in [0.25, 0.3) is 0 Å². The zero-order valence-electron chi connectivity index (χ0n) is 15.8. The van der Waals surface area contributed by atoms with E-state index in [2.05, 4.69) is 0 Å². The van der Waals surface area contributed by atoms with E-state index in [9.17, 15) is 9.18 Å². The molecule has 0 aromatic heterocycles. The Morgan fingerprint density at radius 2 is 1.73 bits per heavy atom. The molecule has 0 unspecified atom stereocenters. The van der Waals surface area contributed by atoms with E-state index in [1.807, 2.05) is 18.2 Å². The molecule has 2 aliphatic rings. The van der Waals surface area contributed by atoms with Crippen LogP contribution in [0.3, 0.4) is 0 Å². The number of hydrogen-bond acceptors (Lipinski definition) is 4. The van der Waals surface area contributed by atoms with Gasteiger partial charge in [-0.05, 0) is 59.7 Å². The number of carbonyl (C=O) groups excluding carboxylic acids is 1. The fourth-order valence-electron chi connectivity index (χ4n) is 3.72. The van der Waals surface area contributed by atoms with Crippen LogP contribution in [0.5, 0.6) is 17.2 Å². The molecule has 7 heteroatoms. The van der Waals surface area contributed by atoms with Crippen molar-refractivity contribution in [3.8, 4) is 17.2 Å². The molecule has 0 aliphatic carbocycles. The first-order valence-electron chi connectivity index (χ1n) is 9.45. The third-order valence-electron chi connectivity index (χ3n) is 5.23. The van der Waals surface area contributed by atoms with Gasteiger partial charge in [-0.25, -0.2) is 4.39 Å². The first kappa shape index (κ1) is 18.8. The molecule has 0 saturated carbocycles. The lowest BCUT2D eigenvalue weighted by molar-refractivity contribution is -0.165. The van der Waals surface area contributed by atoms with Gasteiger partial charge in [0.25, 0.3) is 5.91 Å². The summed E-state index contributed by atoms with van der Waals surface area (Å²) in [5.74, 6) is 1.42. The summed E-state index contributed by atoms with van der Waals surface area (Å²) < 4.78 is 30.2. The fourth-order valence-corrected chi connectivity index (χ4v) is 3.84. The number of nitrogens with zero attached hydrogens (tertiary/aromatic N) is 1. The summed E-state index contributed by atoms with van der Waals surface area (Å²) in [6.45, 7) is 0.564. The molecule has 3 aromatic carbocycles. The molecule has 152 valence electrons. The van der Waals surface area contributed by atoms with Gasteiger partial charge in [0.05, 0.1) is 0 Å². The monoisotopic (exact) mass is 425 g/mol. The predicted molar refractivity (Wildman–Crippen MR) is 108 cm³/mol. The molecule has 2 aliphatic heterocycles. The maximum absolute atomic E-state index is 13.5. The van der Waals surface area contributed by atoms with Crippen molar-refractivity contribution in [1.82, 2.24) is 4.90 Å². The zero-order chi connectivity index (χ0) is 20.7. The Balaban J connectivity index is 1.41. The second kappa shape index (κ2) is 7.54. The molecule has 2 atom stereocenters. The second-order valence-corrected chi connectivity index (χ2v) is 7.58. The van der Waals surface area contributed by atoms with Crippen molar-refractivity contribution in [2.75, 3.05) is 6.79 Å². The van der Waals surface area contributed by atoms with Gasteiger partial charge in [0.2, 0.25) is 12.9 Å². The number of β-lactam (4-membered cyclic amide) rings is 1. The van der Waals surface area contributed by atoms with E-state index in [4.69, 9.17) is 25.8 Å². The lowest BCUT2D eigenvalue weighted by Crippen LogP contribution is -2.60. The van der Waals surface area contributed by atoms with Crippen LogP contribution in [-0.2, 0) is 11.3 Å². The van der Waals surface area contributed by atoms with E-state index >= 15 is 0 Å². The SMILES string of the molecule is O=C1[C@@H](Oc2ccc(Cl)cc2)[C@H](c2ccc(F)cc2)N1Cc1ccc2c(c1)OCO2. The molecular formula is C23H17ClFNO4. The predicted octanol–water partition coefficient (Wildman–Crippen LogP) is 4.74. The number of amides is 1. The van der Waals surface area contributed by atoms with Crippen molar-refractivity contribution >= 4 is 17.5 Å². The molecular weight excluding hydrogens is 409 g/mol. The third-order valence-corrected chi connectivity index (χ3v) is 5.48. The standard InChI is InChI=1S/C23H17ClFNO4/c24-16-4-8-18(9-5-16)30-22-21(15-2-6-17(25)7-3-15)26(23(22)27)12-14-1-10-19-20(11-14)29-13-28-19/h1-11,21-22H,12-13H2/t21-,22-/m0/s1. The summed E-state index contributed by atoms with van der Waals surface area (Å²) in [7, 11) is 0. The maximum atomic E-state index is 13.5. The van der Waals surface area contributed by atoms with Crippen molar-refractivity contribution < 1.29 is 23.4 Å². The van der Waals surface area contributed by atoms with Crippen LogP contribution in [0, 0.1) is 5.82 Å². The number of ether oxygens (including phenoxy) is 3. The summed E-state index contributed by atoms with van der Waals surface area (Å²) in [5.41, 5.74) is 1.71. The summed E-state index contributed by atoms with van der Waals surface area (Å²) in [6.07, 6.45) is -0.703. The molecule has 30 heavy (non-hydrogen) atoms. The Bertz CT molecular complexity index is 1090. The molecule has 5 nitrogen and oxygen atoms in total. The van der Waals surface area contributed by atoms with Crippen molar-refractivity contribution in [3.63, 3.8) is 0 Å². The average molecular weight is 426 g/mol. The normalized spacial score (nSPS) is 19.5. The second-order valence-electron chi connectivity index (χ2n) is 7.14. The lowest BCUT2D eigenvalue weighted by atomic mass is 9.89.